The van der Waals surface area contributed by atoms with Crippen molar-refractivity contribution in [3.8, 4) is 5.75 Å². The van der Waals surface area contributed by atoms with Crippen molar-refractivity contribution in [2.24, 2.45) is 0 Å². The molecule has 2 rings (SSSR count). The van der Waals surface area contributed by atoms with E-state index in [2.05, 4.69) is 0 Å². The third-order valence-corrected chi connectivity index (χ3v) is 3.39. The van der Waals surface area contributed by atoms with E-state index in [9.17, 15) is 9.90 Å². The first-order chi connectivity index (χ1) is 10.1. The number of nitrogen functional groups attached to an aromatic ring is 1. The van der Waals surface area contributed by atoms with Gasteiger partial charge in [0.2, 0.25) is 5.91 Å². The van der Waals surface area contributed by atoms with E-state index in [1.165, 1.54) is 0 Å². The molecule has 0 aliphatic heterocycles. The predicted octanol–water partition coefficient (Wildman–Crippen LogP) is 2.57. The van der Waals surface area contributed by atoms with Gasteiger partial charge in [-0.25, -0.2) is 0 Å². The lowest BCUT2D eigenvalue weighted by Crippen LogP contribution is -2.31. The Hall–Kier alpha value is -2.49. The number of likely N-dealkylation sites (N-methyl/N-ethyl adjacent to an activating group) is 1. The fourth-order valence-electron chi connectivity index (χ4n) is 2.22. The zero-order valence-corrected chi connectivity index (χ0v) is 12.1. The number of para-hydroxylation sites is 1. The van der Waals surface area contributed by atoms with Gasteiger partial charge in [-0.05, 0) is 30.7 Å². The summed E-state index contributed by atoms with van der Waals surface area (Å²) in [7, 11) is 0. The molecule has 0 unspecified atom stereocenters. The van der Waals surface area contributed by atoms with Gasteiger partial charge in [0, 0.05) is 24.3 Å². The van der Waals surface area contributed by atoms with Crippen LogP contribution in [0.25, 0.3) is 0 Å². The summed E-state index contributed by atoms with van der Waals surface area (Å²) < 4.78 is 0. The molecule has 0 spiro atoms. The molecule has 0 radical (unpaired) electrons. The van der Waals surface area contributed by atoms with Crippen molar-refractivity contribution in [1.82, 2.24) is 4.90 Å². The molecule has 21 heavy (non-hydrogen) atoms. The maximum atomic E-state index is 12.4. The Bertz CT molecular complexity index is 626. The van der Waals surface area contributed by atoms with E-state index in [1.54, 1.807) is 23.1 Å². The average Bonchev–Trinajstić information content (AvgIpc) is 2.47. The van der Waals surface area contributed by atoms with Crippen LogP contribution in [-0.2, 0) is 17.8 Å². The number of rotatable bonds is 5. The molecule has 0 saturated carbocycles. The van der Waals surface area contributed by atoms with E-state index >= 15 is 0 Å². The maximum Gasteiger partial charge on any atom is 0.227 e. The Morgan fingerprint density at radius 3 is 2.62 bits per heavy atom. The monoisotopic (exact) mass is 284 g/mol. The third kappa shape index (κ3) is 3.99. The minimum absolute atomic E-state index is 0.0126. The number of carbonyl (C=O) groups is 1. The van der Waals surface area contributed by atoms with Gasteiger partial charge in [-0.3, -0.25) is 4.79 Å². The highest BCUT2D eigenvalue weighted by Crippen LogP contribution is 2.18. The van der Waals surface area contributed by atoms with E-state index in [0.717, 1.165) is 5.56 Å². The molecule has 0 atom stereocenters. The van der Waals surface area contributed by atoms with Gasteiger partial charge >= 0.3 is 0 Å². The standard InChI is InChI=1S/C17H20N2O2/c1-2-19(12-13-6-5-8-15(18)10-13)17(21)11-14-7-3-4-9-16(14)20/h3-10,20H,2,11-12,18H2,1H3. The molecule has 3 N–H and O–H groups in total. The SMILES string of the molecule is CCN(Cc1cccc(N)c1)C(=O)Cc1ccccc1O. The van der Waals surface area contributed by atoms with Crippen molar-refractivity contribution in [3.05, 3.63) is 59.7 Å². The van der Waals surface area contributed by atoms with Crippen LogP contribution in [0.3, 0.4) is 0 Å². The summed E-state index contributed by atoms with van der Waals surface area (Å²) in [6.45, 7) is 3.07. The van der Waals surface area contributed by atoms with E-state index in [1.807, 2.05) is 37.3 Å². The average molecular weight is 284 g/mol. The zero-order valence-electron chi connectivity index (χ0n) is 12.1. The summed E-state index contributed by atoms with van der Waals surface area (Å²) in [5.41, 5.74) is 8.10. The van der Waals surface area contributed by atoms with Crippen molar-refractivity contribution in [2.75, 3.05) is 12.3 Å². The number of amides is 1. The molecule has 0 heterocycles. The Labute approximate surface area is 124 Å². The number of phenols is 1. The molecule has 0 aliphatic rings. The number of nitrogens with zero attached hydrogens (tertiary/aromatic N) is 1. The molecule has 2 aromatic carbocycles. The first kappa shape index (κ1) is 14.9. The van der Waals surface area contributed by atoms with Crippen molar-refractivity contribution in [1.29, 1.82) is 0 Å². The van der Waals surface area contributed by atoms with Gasteiger partial charge in [-0.15, -0.1) is 0 Å². The molecule has 4 nitrogen and oxygen atoms in total. The molecule has 1 amide bonds. The molecule has 0 bridgehead atoms. The molecule has 0 saturated heterocycles. The highest BCUT2D eigenvalue weighted by atomic mass is 16.3. The van der Waals surface area contributed by atoms with Crippen LogP contribution in [0.5, 0.6) is 5.75 Å². The van der Waals surface area contributed by atoms with E-state index in [4.69, 9.17) is 5.73 Å². The van der Waals surface area contributed by atoms with Gasteiger partial charge in [0.25, 0.3) is 0 Å². The van der Waals surface area contributed by atoms with E-state index in [0.29, 0.717) is 24.3 Å². The van der Waals surface area contributed by atoms with E-state index < -0.39 is 0 Å². The van der Waals surface area contributed by atoms with Crippen LogP contribution in [0.2, 0.25) is 0 Å². The molecular weight excluding hydrogens is 264 g/mol. The van der Waals surface area contributed by atoms with Gasteiger partial charge in [-0.2, -0.15) is 0 Å². The van der Waals surface area contributed by atoms with Gasteiger partial charge in [0.05, 0.1) is 6.42 Å². The molecule has 0 aromatic heterocycles. The number of phenolic OH excluding ortho intramolecular Hbond substituents is 1. The number of hydrogen-bond acceptors (Lipinski definition) is 3. The Balaban J connectivity index is 2.07. The van der Waals surface area contributed by atoms with Crippen LogP contribution in [0, 0.1) is 0 Å². The Morgan fingerprint density at radius 2 is 1.95 bits per heavy atom. The quantitative estimate of drug-likeness (QED) is 0.829. The fourth-order valence-corrected chi connectivity index (χ4v) is 2.22. The van der Waals surface area contributed by atoms with Crippen molar-refractivity contribution in [3.63, 3.8) is 0 Å². The molecule has 2 aromatic rings. The molecule has 0 fully saturated rings. The lowest BCUT2D eigenvalue weighted by Gasteiger charge is -2.21. The van der Waals surface area contributed by atoms with Crippen LogP contribution in [0.1, 0.15) is 18.1 Å². The van der Waals surface area contributed by atoms with Crippen LogP contribution in [0.15, 0.2) is 48.5 Å². The van der Waals surface area contributed by atoms with Gasteiger partial charge in [-0.1, -0.05) is 30.3 Å². The first-order valence-electron chi connectivity index (χ1n) is 6.99. The maximum absolute atomic E-state index is 12.4. The van der Waals surface area contributed by atoms with Crippen LogP contribution < -0.4 is 5.73 Å². The zero-order chi connectivity index (χ0) is 15.2. The van der Waals surface area contributed by atoms with Crippen LogP contribution >= 0.6 is 0 Å². The number of anilines is 1. The normalized spacial score (nSPS) is 10.3. The first-order valence-corrected chi connectivity index (χ1v) is 6.99. The Kier molecular flexibility index (Phi) is 4.82. The van der Waals surface area contributed by atoms with Crippen LogP contribution in [0.4, 0.5) is 5.69 Å². The lowest BCUT2D eigenvalue weighted by molar-refractivity contribution is -0.130. The van der Waals surface area contributed by atoms with Gasteiger partial charge < -0.3 is 15.7 Å². The molecule has 0 aliphatic carbocycles. The summed E-state index contributed by atoms with van der Waals surface area (Å²) in [5, 5.41) is 9.75. The van der Waals surface area contributed by atoms with Gasteiger partial charge in [0.1, 0.15) is 5.75 Å². The van der Waals surface area contributed by atoms with Crippen LogP contribution in [-0.4, -0.2) is 22.5 Å². The smallest absolute Gasteiger partial charge is 0.227 e. The number of hydrogen-bond donors (Lipinski definition) is 2. The van der Waals surface area contributed by atoms with Crippen molar-refractivity contribution in [2.45, 2.75) is 19.9 Å². The summed E-state index contributed by atoms with van der Waals surface area (Å²) in [4.78, 5) is 14.1. The second kappa shape index (κ2) is 6.79. The Morgan fingerprint density at radius 1 is 1.19 bits per heavy atom. The highest BCUT2D eigenvalue weighted by Gasteiger charge is 2.14. The highest BCUT2D eigenvalue weighted by molar-refractivity contribution is 5.79. The molecular formula is C17H20N2O2. The topological polar surface area (TPSA) is 66.6 Å². The van der Waals surface area contributed by atoms with E-state index in [-0.39, 0.29) is 18.1 Å². The molecule has 110 valence electrons. The summed E-state index contributed by atoms with van der Waals surface area (Å²) in [5.74, 6) is 0.146. The number of aromatic hydroxyl groups is 1. The second-order valence-corrected chi connectivity index (χ2v) is 4.96. The number of carbonyl (C=O) groups excluding carboxylic acids is 1. The summed E-state index contributed by atoms with van der Waals surface area (Å²) in [6, 6.07) is 14.4. The van der Waals surface area contributed by atoms with Crippen molar-refractivity contribution < 1.29 is 9.90 Å². The number of nitrogens with two attached hydrogens (primary N) is 1. The minimum Gasteiger partial charge on any atom is -0.508 e. The summed E-state index contributed by atoms with van der Waals surface area (Å²) >= 11 is 0. The summed E-state index contributed by atoms with van der Waals surface area (Å²) in [6.07, 6.45) is 0.197. The van der Waals surface area contributed by atoms with Gasteiger partial charge in [0.15, 0.2) is 0 Å². The number of benzene rings is 2. The fraction of sp³-hybridized carbons (Fsp3) is 0.235. The lowest BCUT2D eigenvalue weighted by atomic mass is 10.1. The largest absolute Gasteiger partial charge is 0.508 e. The predicted molar refractivity (Wildman–Crippen MR) is 83.8 cm³/mol. The second-order valence-electron chi connectivity index (χ2n) is 4.96. The minimum atomic E-state index is -0.0126. The third-order valence-electron chi connectivity index (χ3n) is 3.39. The molecule has 4 heteroatoms. The van der Waals surface area contributed by atoms with Crippen molar-refractivity contribution >= 4 is 11.6 Å².